The lowest BCUT2D eigenvalue weighted by molar-refractivity contribution is 0.252. The van der Waals surface area contributed by atoms with Gasteiger partial charge in [0.25, 0.3) is 0 Å². The first-order valence-electron chi connectivity index (χ1n) is 3.80. The number of aliphatic hydroxyl groups is 1. The number of halogens is 1. The highest BCUT2D eigenvalue weighted by Gasteiger charge is 1.92. The minimum Gasteiger partial charge on any atom is -0.388 e. The van der Waals surface area contributed by atoms with Gasteiger partial charge < -0.3 is 5.11 Å². The molecule has 1 aromatic rings. The molecular formula is C10H11IO. The summed E-state index contributed by atoms with van der Waals surface area (Å²) < 4.78 is 0.737. The molecule has 0 amide bonds. The molecule has 0 saturated carbocycles. The van der Waals surface area contributed by atoms with Crippen LogP contribution >= 0.6 is 22.6 Å². The Morgan fingerprint density at radius 1 is 1.33 bits per heavy atom. The van der Waals surface area contributed by atoms with E-state index in [9.17, 15) is 5.11 Å². The third kappa shape index (κ3) is 3.36. The summed E-state index contributed by atoms with van der Waals surface area (Å²) in [6, 6.07) is 9.96. The fourth-order valence-corrected chi connectivity index (χ4v) is 1.13. The van der Waals surface area contributed by atoms with Crippen LogP contribution in [0.2, 0.25) is 0 Å². The van der Waals surface area contributed by atoms with Crippen molar-refractivity contribution in [1.29, 1.82) is 0 Å². The number of hydrogen-bond acceptors (Lipinski definition) is 1. The SMILES string of the molecule is OC(/C=C/c1ccccc1)CI. The summed E-state index contributed by atoms with van der Waals surface area (Å²) in [6.07, 6.45) is 3.41. The van der Waals surface area contributed by atoms with Gasteiger partial charge in [0.05, 0.1) is 6.10 Å². The van der Waals surface area contributed by atoms with Crippen molar-refractivity contribution < 1.29 is 5.11 Å². The Morgan fingerprint density at radius 3 is 2.58 bits per heavy atom. The van der Waals surface area contributed by atoms with Crippen LogP contribution in [0, 0.1) is 0 Å². The van der Waals surface area contributed by atoms with E-state index in [1.54, 1.807) is 0 Å². The Morgan fingerprint density at radius 2 is 2.00 bits per heavy atom. The van der Waals surface area contributed by atoms with Crippen molar-refractivity contribution in [2.45, 2.75) is 6.10 Å². The van der Waals surface area contributed by atoms with Gasteiger partial charge in [0.2, 0.25) is 0 Å². The van der Waals surface area contributed by atoms with E-state index in [4.69, 9.17) is 0 Å². The summed E-state index contributed by atoms with van der Waals surface area (Å²) in [5, 5.41) is 9.22. The molecule has 1 rings (SSSR count). The van der Waals surface area contributed by atoms with E-state index in [2.05, 4.69) is 22.6 Å². The van der Waals surface area contributed by atoms with E-state index in [0.29, 0.717) is 0 Å². The molecule has 1 atom stereocenters. The fraction of sp³-hybridized carbons (Fsp3) is 0.200. The van der Waals surface area contributed by atoms with Gasteiger partial charge in [-0.15, -0.1) is 0 Å². The number of rotatable bonds is 3. The zero-order valence-corrected chi connectivity index (χ0v) is 8.81. The predicted molar refractivity (Wildman–Crippen MR) is 60.4 cm³/mol. The molecule has 0 aliphatic heterocycles. The van der Waals surface area contributed by atoms with Crippen LogP contribution in [0.4, 0.5) is 0 Å². The molecule has 64 valence electrons. The van der Waals surface area contributed by atoms with Gasteiger partial charge >= 0.3 is 0 Å². The van der Waals surface area contributed by atoms with Crippen molar-refractivity contribution in [2.24, 2.45) is 0 Å². The van der Waals surface area contributed by atoms with E-state index >= 15 is 0 Å². The smallest absolute Gasteiger partial charge is 0.0813 e. The van der Waals surface area contributed by atoms with Gasteiger partial charge in [0.15, 0.2) is 0 Å². The zero-order chi connectivity index (χ0) is 8.81. The molecule has 1 aromatic carbocycles. The van der Waals surface area contributed by atoms with E-state index in [0.717, 1.165) is 9.99 Å². The van der Waals surface area contributed by atoms with Crippen molar-refractivity contribution in [3.63, 3.8) is 0 Å². The molecule has 1 unspecified atom stereocenters. The molecule has 1 nitrogen and oxygen atoms in total. The summed E-state index contributed by atoms with van der Waals surface area (Å²) >= 11 is 2.15. The molecule has 0 aliphatic rings. The van der Waals surface area contributed by atoms with Gasteiger partial charge in [-0.2, -0.15) is 0 Å². The largest absolute Gasteiger partial charge is 0.388 e. The summed E-state index contributed by atoms with van der Waals surface area (Å²) in [5.41, 5.74) is 1.13. The Hall–Kier alpha value is -0.350. The number of benzene rings is 1. The molecule has 0 saturated heterocycles. The van der Waals surface area contributed by atoms with Gasteiger partial charge in [0, 0.05) is 4.43 Å². The number of alkyl halides is 1. The topological polar surface area (TPSA) is 20.2 Å². The molecule has 0 aliphatic carbocycles. The lowest BCUT2D eigenvalue weighted by Crippen LogP contribution is -2.01. The molecule has 0 aromatic heterocycles. The highest BCUT2D eigenvalue weighted by molar-refractivity contribution is 14.1. The molecular weight excluding hydrogens is 263 g/mol. The summed E-state index contributed by atoms with van der Waals surface area (Å²) in [5.74, 6) is 0. The Kier molecular flexibility index (Phi) is 4.32. The highest BCUT2D eigenvalue weighted by atomic mass is 127. The second-order valence-electron chi connectivity index (χ2n) is 2.49. The van der Waals surface area contributed by atoms with Crippen molar-refractivity contribution in [3.05, 3.63) is 42.0 Å². The Balaban J connectivity index is 2.58. The Labute approximate surface area is 86.3 Å². The quantitative estimate of drug-likeness (QED) is 0.663. The molecule has 12 heavy (non-hydrogen) atoms. The van der Waals surface area contributed by atoms with Crippen molar-refractivity contribution in [2.75, 3.05) is 4.43 Å². The van der Waals surface area contributed by atoms with Crippen LogP contribution < -0.4 is 0 Å². The average Bonchev–Trinajstić information content (AvgIpc) is 2.16. The predicted octanol–water partition coefficient (Wildman–Crippen LogP) is 2.50. The highest BCUT2D eigenvalue weighted by Crippen LogP contribution is 2.02. The third-order valence-corrected chi connectivity index (χ3v) is 2.37. The molecule has 0 fully saturated rings. The van der Waals surface area contributed by atoms with Gasteiger partial charge in [-0.05, 0) is 5.56 Å². The standard InChI is InChI=1S/C10H11IO/c11-8-10(12)7-6-9-4-2-1-3-5-9/h1-7,10,12H,8H2/b7-6+. The first-order valence-corrected chi connectivity index (χ1v) is 5.33. The molecule has 1 N–H and O–H groups in total. The molecule has 0 radical (unpaired) electrons. The molecule has 2 heteroatoms. The van der Waals surface area contributed by atoms with Crippen LogP contribution in [0.25, 0.3) is 6.08 Å². The second-order valence-corrected chi connectivity index (χ2v) is 3.37. The first kappa shape index (κ1) is 9.74. The fourth-order valence-electron chi connectivity index (χ4n) is 0.838. The minimum atomic E-state index is -0.328. The summed E-state index contributed by atoms with van der Waals surface area (Å²) in [7, 11) is 0. The first-order chi connectivity index (χ1) is 5.83. The lowest BCUT2D eigenvalue weighted by Gasteiger charge is -1.97. The molecule has 0 heterocycles. The average molecular weight is 274 g/mol. The maximum Gasteiger partial charge on any atom is 0.0813 e. The normalized spacial score (nSPS) is 13.5. The van der Waals surface area contributed by atoms with Crippen LogP contribution in [0.3, 0.4) is 0 Å². The Bertz CT molecular complexity index is 243. The van der Waals surface area contributed by atoms with E-state index < -0.39 is 0 Å². The van der Waals surface area contributed by atoms with E-state index in [-0.39, 0.29) is 6.10 Å². The third-order valence-electron chi connectivity index (χ3n) is 1.47. The van der Waals surface area contributed by atoms with Crippen LogP contribution in [0.15, 0.2) is 36.4 Å². The van der Waals surface area contributed by atoms with Gasteiger partial charge in [-0.25, -0.2) is 0 Å². The summed E-state index contributed by atoms with van der Waals surface area (Å²) in [4.78, 5) is 0. The van der Waals surface area contributed by atoms with Gasteiger partial charge in [-0.1, -0.05) is 65.1 Å². The monoisotopic (exact) mass is 274 g/mol. The lowest BCUT2D eigenvalue weighted by atomic mass is 10.2. The number of hydrogen-bond donors (Lipinski definition) is 1. The van der Waals surface area contributed by atoms with Crippen LogP contribution in [0.5, 0.6) is 0 Å². The van der Waals surface area contributed by atoms with Crippen LogP contribution in [-0.4, -0.2) is 15.6 Å². The van der Waals surface area contributed by atoms with Gasteiger partial charge in [-0.3, -0.25) is 0 Å². The van der Waals surface area contributed by atoms with Crippen molar-refractivity contribution in [3.8, 4) is 0 Å². The van der Waals surface area contributed by atoms with E-state index in [1.807, 2.05) is 42.5 Å². The zero-order valence-electron chi connectivity index (χ0n) is 6.65. The molecule has 0 spiro atoms. The van der Waals surface area contributed by atoms with Crippen molar-refractivity contribution >= 4 is 28.7 Å². The van der Waals surface area contributed by atoms with Gasteiger partial charge in [0.1, 0.15) is 0 Å². The van der Waals surface area contributed by atoms with Crippen LogP contribution in [-0.2, 0) is 0 Å². The second kappa shape index (κ2) is 5.32. The minimum absolute atomic E-state index is 0.328. The van der Waals surface area contributed by atoms with Crippen molar-refractivity contribution in [1.82, 2.24) is 0 Å². The maximum absolute atomic E-state index is 9.22. The number of aliphatic hydroxyl groups excluding tert-OH is 1. The summed E-state index contributed by atoms with van der Waals surface area (Å²) in [6.45, 7) is 0. The maximum atomic E-state index is 9.22. The van der Waals surface area contributed by atoms with E-state index in [1.165, 1.54) is 0 Å². The molecule has 0 bridgehead atoms. The van der Waals surface area contributed by atoms with Crippen LogP contribution in [0.1, 0.15) is 5.56 Å².